The molecule has 0 heterocycles. The minimum absolute atomic E-state index is 0.278. The quantitative estimate of drug-likeness (QED) is 0.571. The molecule has 12 nitrogen and oxygen atoms in total. The Bertz CT molecular complexity index is 438. The van der Waals surface area contributed by atoms with Gasteiger partial charge in [-0.05, 0) is 12.1 Å². The van der Waals surface area contributed by atoms with E-state index in [2.05, 4.69) is 0 Å². The normalized spacial score (nSPS) is 8.74. The average Bonchev–Trinajstić information content (AvgIpc) is 2.37. The van der Waals surface area contributed by atoms with Crippen molar-refractivity contribution in [2.75, 3.05) is 12.2 Å². The zero-order valence-electron chi connectivity index (χ0n) is 9.52. The average molecular weight is 275 g/mol. The number of nitrogens with zero attached hydrogens (tertiary/aromatic N) is 5. The number of hydrogen-bond acceptors (Lipinski definition) is 7. The summed E-state index contributed by atoms with van der Waals surface area (Å²) in [6.45, 7) is 0. The van der Waals surface area contributed by atoms with Crippen LogP contribution in [0.2, 0.25) is 0 Å². The minimum Gasteiger partial charge on any atom is -0.400 e. The van der Waals surface area contributed by atoms with Crippen LogP contribution in [0.4, 0.5) is 5.69 Å². The summed E-state index contributed by atoms with van der Waals surface area (Å²) in [5.74, 6) is 0. The van der Waals surface area contributed by atoms with E-state index in [0.717, 1.165) is 19.2 Å². The molecule has 1 aromatic carbocycles. The summed E-state index contributed by atoms with van der Waals surface area (Å²) in [6, 6.07) is 6.46. The lowest BCUT2D eigenvalue weighted by Crippen LogP contribution is -2.52. The van der Waals surface area contributed by atoms with E-state index in [1.165, 1.54) is 18.2 Å². The summed E-state index contributed by atoms with van der Waals surface area (Å²) >= 11 is 0. The topological polar surface area (TPSA) is 156 Å². The molecular weight excluding hydrogens is 266 g/mol. The van der Waals surface area contributed by atoms with Crippen LogP contribution in [0, 0.1) is 30.3 Å². The molecule has 0 amide bonds. The molecule has 0 aliphatic carbocycles. The number of aliphatic hydroxyl groups is 1. The van der Waals surface area contributed by atoms with Crippen molar-refractivity contribution >= 4 is 5.69 Å². The highest BCUT2D eigenvalue weighted by Gasteiger charge is 2.45. The standard InChI is InChI=1S/C6H5N5O6.CH4O/c12-9(13)7(6-4-2-1-3-5-6)8(10(14)15)11(16)17;1-2/h1-5H;2H,1H3. The fraction of sp³-hybridized carbons (Fsp3) is 0.143. The van der Waals surface area contributed by atoms with E-state index >= 15 is 0 Å². The second-order valence-corrected chi connectivity index (χ2v) is 2.61. The molecule has 1 rings (SSSR count). The maximum absolute atomic E-state index is 10.6. The van der Waals surface area contributed by atoms with Crippen LogP contribution in [0.15, 0.2) is 30.3 Å². The Morgan fingerprint density at radius 2 is 1.32 bits per heavy atom. The highest BCUT2D eigenvalue weighted by atomic mass is 16.8. The maximum Gasteiger partial charge on any atom is 0.342 e. The van der Waals surface area contributed by atoms with Gasteiger partial charge in [0.25, 0.3) is 10.1 Å². The summed E-state index contributed by atoms with van der Waals surface area (Å²) in [7, 11) is 1.00. The van der Waals surface area contributed by atoms with Crippen molar-refractivity contribution in [2.24, 2.45) is 0 Å². The van der Waals surface area contributed by atoms with Gasteiger partial charge in [0, 0.05) is 7.11 Å². The number of nitro groups is 3. The zero-order valence-corrected chi connectivity index (χ0v) is 9.52. The van der Waals surface area contributed by atoms with Gasteiger partial charge in [-0.25, -0.2) is 30.3 Å². The molecule has 0 bridgehead atoms. The molecule has 0 atom stereocenters. The first-order chi connectivity index (χ1) is 8.95. The molecule has 0 fully saturated rings. The van der Waals surface area contributed by atoms with Crippen LogP contribution in [0.1, 0.15) is 0 Å². The number of benzene rings is 1. The number of anilines is 1. The second kappa shape index (κ2) is 7.33. The van der Waals surface area contributed by atoms with Gasteiger partial charge in [-0.1, -0.05) is 18.2 Å². The lowest BCUT2D eigenvalue weighted by molar-refractivity contribution is -0.937. The molecule has 0 aliphatic heterocycles. The van der Waals surface area contributed by atoms with Gasteiger partial charge < -0.3 is 5.11 Å². The summed E-state index contributed by atoms with van der Waals surface area (Å²) in [6.07, 6.45) is 0. The number of para-hydroxylation sites is 1. The lowest BCUT2D eigenvalue weighted by Gasteiger charge is -2.11. The van der Waals surface area contributed by atoms with Crippen LogP contribution in [0.25, 0.3) is 0 Å². The predicted molar refractivity (Wildman–Crippen MR) is 59.9 cm³/mol. The number of hydrazine groups is 4. The molecule has 0 aliphatic rings. The zero-order chi connectivity index (χ0) is 15.0. The van der Waals surface area contributed by atoms with Crippen LogP contribution in [0.5, 0.6) is 0 Å². The third-order valence-corrected chi connectivity index (χ3v) is 1.60. The molecule has 1 N–H and O–H groups in total. The van der Waals surface area contributed by atoms with Crippen LogP contribution in [-0.4, -0.2) is 32.5 Å². The first kappa shape index (κ1) is 16.0. The third-order valence-electron chi connectivity index (χ3n) is 1.60. The first-order valence-electron chi connectivity index (χ1n) is 4.48. The monoisotopic (exact) mass is 275 g/mol. The SMILES string of the molecule is CO.O=[N+]([O-])N(c1ccccc1)N([N+](=O)[O-])[N+](=O)[O-]. The second-order valence-electron chi connectivity index (χ2n) is 2.61. The van der Waals surface area contributed by atoms with E-state index in [-0.39, 0.29) is 10.8 Å². The summed E-state index contributed by atoms with van der Waals surface area (Å²) in [5, 5.41) is 33.1. The van der Waals surface area contributed by atoms with Crippen LogP contribution >= 0.6 is 0 Å². The van der Waals surface area contributed by atoms with Gasteiger partial charge in [0.2, 0.25) is 0 Å². The number of aliphatic hydroxyl groups excluding tert-OH is 1. The molecule has 104 valence electrons. The summed E-state index contributed by atoms with van der Waals surface area (Å²) in [4.78, 5) is 31.4. The molecule has 19 heavy (non-hydrogen) atoms. The van der Waals surface area contributed by atoms with E-state index in [4.69, 9.17) is 5.11 Å². The van der Waals surface area contributed by atoms with Gasteiger partial charge in [0.1, 0.15) is 10.8 Å². The van der Waals surface area contributed by atoms with E-state index in [9.17, 15) is 30.3 Å². The Morgan fingerprint density at radius 1 is 0.895 bits per heavy atom. The Kier molecular flexibility index (Phi) is 6.17. The fourth-order valence-corrected chi connectivity index (χ4v) is 1.02. The molecule has 1 aromatic rings. The third kappa shape index (κ3) is 4.04. The van der Waals surface area contributed by atoms with Crippen molar-refractivity contribution in [1.82, 2.24) is 5.23 Å². The Hall–Kier alpha value is -3.02. The van der Waals surface area contributed by atoms with Crippen molar-refractivity contribution in [3.8, 4) is 0 Å². The molecule has 0 radical (unpaired) electrons. The molecule has 0 unspecified atom stereocenters. The first-order valence-corrected chi connectivity index (χ1v) is 4.48. The minimum atomic E-state index is -1.50. The molecule has 0 saturated carbocycles. The molecule has 0 saturated heterocycles. The van der Waals surface area contributed by atoms with Crippen LogP contribution in [0.3, 0.4) is 0 Å². The Balaban J connectivity index is 0.00000154. The van der Waals surface area contributed by atoms with Crippen molar-refractivity contribution < 1.29 is 20.2 Å². The Morgan fingerprint density at radius 3 is 1.63 bits per heavy atom. The van der Waals surface area contributed by atoms with Crippen LogP contribution in [-0.2, 0) is 0 Å². The van der Waals surface area contributed by atoms with Crippen molar-refractivity contribution in [3.05, 3.63) is 60.7 Å². The van der Waals surface area contributed by atoms with Gasteiger partial charge in [-0.2, -0.15) is 0 Å². The lowest BCUT2D eigenvalue weighted by atomic mass is 10.3. The predicted octanol–water partition coefficient (Wildman–Crippen LogP) is -0.106. The van der Waals surface area contributed by atoms with E-state index in [1.54, 1.807) is 0 Å². The highest BCUT2D eigenvalue weighted by molar-refractivity contribution is 5.41. The van der Waals surface area contributed by atoms with Gasteiger partial charge in [0.05, 0.1) is 0 Å². The molecular formula is C7H9N5O7. The maximum atomic E-state index is 10.6. The largest absolute Gasteiger partial charge is 0.400 e. The highest BCUT2D eigenvalue weighted by Crippen LogP contribution is 2.15. The smallest absolute Gasteiger partial charge is 0.342 e. The number of hydrogen-bond donors (Lipinski definition) is 1. The van der Waals surface area contributed by atoms with Gasteiger partial charge in [-0.15, -0.1) is 0 Å². The van der Waals surface area contributed by atoms with Gasteiger partial charge in [0.15, 0.2) is 5.03 Å². The molecule has 0 spiro atoms. The van der Waals surface area contributed by atoms with Crippen molar-refractivity contribution in [3.63, 3.8) is 0 Å². The molecule has 12 heteroatoms. The van der Waals surface area contributed by atoms with E-state index < -0.39 is 20.3 Å². The van der Waals surface area contributed by atoms with Gasteiger partial charge >= 0.3 is 5.23 Å². The number of rotatable bonds is 5. The van der Waals surface area contributed by atoms with Crippen molar-refractivity contribution in [1.29, 1.82) is 0 Å². The van der Waals surface area contributed by atoms with E-state index in [1.807, 2.05) is 0 Å². The van der Waals surface area contributed by atoms with Gasteiger partial charge in [-0.3, -0.25) is 0 Å². The van der Waals surface area contributed by atoms with Crippen molar-refractivity contribution in [2.45, 2.75) is 0 Å². The van der Waals surface area contributed by atoms with E-state index in [0.29, 0.717) is 0 Å². The molecule has 0 aromatic heterocycles. The fourth-order valence-electron chi connectivity index (χ4n) is 1.02. The summed E-state index contributed by atoms with van der Waals surface area (Å²) in [5.41, 5.74) is -0.314. The van der Waals surface area contributed by atoms with Crippen LogP contribution < -0.4 is 5.12 Å². The summed E-state index contributed by atoms with van der Waals surface area (Å²) < 4.78 is 0. The Labute approximate surface area is 105 Å².